The van der Waals surface area contributed by atoms with Crippen LogP contribution < -0.4 is 4.90 Å². The van der Waals surface area contributed by atoms with Crippen LogP contribution in [0.15, 0.2) is 24.3 Å². The molecule has 0 saturated heterocycles. The monoisotopic (exact) mass is 256 g/mol. The summed E-state index contributed by atoms with van der Waals surface area (Å²) in [4.78, 5) is 13.0. The molecule has 3 nitrogen and oxygen atoms in total. The molecule has 1 rings (SSSR count). The van der Waals surface area contributed by atoms with Crippen molar-refractivity contribution in [3.8, 4) is 0 Å². The zero-order valence-corrected chi connectivity index (χ0v) is 10.9. The van der Waals surface area contributed by atoms with Crippen LogP contribution in [0.3, 0.4) is 0 Å². The molecule has 0 aliphatic carbocycles. The Morgan fingerprint density at radius 2 is 1.72 bits per heavy atom. The highest BCUT2D eigenvalue weighted by atomic mass is 19.2. The quantitative estimate of drug-likeness (QED) is 0.800. The van der Waals surface area contributed by atoms with E-state index in [-0.39, 0.29) is 5.56 Å². The zero-order chi connectivity index (χ0) is 13.9. The Labute approximate surface area is 105 Å². The summed E-state index contributed by atoms with van der Waals surface area (Å²) in [5.74, 6) is 0. The summed E-state index contributed by atoms with van der Waals surface area (Å²) in [6.45, 7) is 5.29. The number of benzene rings is 1. The van der Waals surface area contributed by atoms with Crippen molar-refractivity contribution in [1.29, 1.82) is 0 Å². The SMILES string of the molecule is CN(C(=O)OC(C)(C)C)c1ccc(C(F)[18F])cc1. The molecule has 0 N–H and O–H groups in total. The Morgan fingerprint density at radius 3 is 2.11 bits per heavy atom. The number of hydrogen-bond acceptors (Lipinski definition) is 2. The topological polar surface area (TPSA) is 29.5 Å². The van der Waals surface area contributed by atoms with E-state index >= 15 is 0 Å². The molecule has 5 heteroatoms. The van der Waals surface area contributed by atoms with Gasteiger partial charge in [-0.1, -0.05) is 12.1 Å². The van der Waals surface area contributed by atoms with E-state index in [0.717, 1.165) is 0 Å². The second kappa shape index (κ2) is 5.33. The number of hydrogen-bond donors (Lipinski definition) is 0. The van der Waals surface area contributed by atoms with Crippen LogP contribution in [0, 0.1) is 0 Å². The minimum atomic E-state index is -2.51. The van der Waals surface area contributed by atoms with Crippen LogP contribution in [0.4, 0.5) is 19.3 Å². The molecule has 0 radical (unpaired) electrons. The minimum Gasteiger partial charge on any atom is -0.443 e. The predicted octanol–water partition coefficient (Wildman–Crippen LogP) is 4.00. The third-order valence-corrected chi connectivity index (χ3v) is 2.20. The van der Waals surface area contributed by atoms with Crippen LogP contribution >= 0.6 is 0 Å². The maximum atomic E-state index is 12.4. The summed E-state index contributed by atoms with van der Waals surface area (Å²) in [7, 11) is 1.53. The number of rotatable bonds is 2. The Hall–Kier alpha value is -1.65. The van der Waals surface area contributed by atoms with Crippen molar-refractivity contribution < 1.29 is 18.3 Å². The molecule has 100 valence electrons. The molecule has 1 unspecified atom stereocenters. The van der Waals surface area contributed by atoms with Gasteiger partial charge in [0, 0.05) is 18.3 Å². The van der Waals surface area contributed by atoms with Crippen molar-refractivity contribution in [3.63, 3.8) is 0 Å². The molecule has 0 spiro atoms. The van der Waals surface area contributed by atoms with E-state index in [0.29, 0.717) is 5.69 Å². The smallest absolute Gasteiger partial charge is 0.414 e. The first-order valence-corrected chi connectivity index (χ1v) is 5.55. The van der Waals surface area contributed by atoms with E-state index in [2.05, 4.69) is 0 Å². The molecule has 0 heterocycles. The number of amides is 1. The van der Waals surface area contributed by atoms with Crippen molar-refractivity contribution in [1.82, 2.24) is 0 Å². The second-order valence-corrected chi connectivity index (χ2v) is 4.93. The Morgan fingerprint density at radius 1 is 1.22 bits per heavy atom. The lowest BCUT2D eigenvalue weighted by Crippen LogP contribution is -2.34. The standard InChI is InChI=1S/C13H17F2NO2/c1-13(2,3)18-12(17)16(4)10-7-5-9(6-8-10)11(14)15/h5-8,11H,1-4H3/i14-1. The fraction of sp³-hybridized carbons (Fsp3) is 0.462. The minimum absolute atomic E-state index is 0.0728. The lowest BCUT2D eigenvalue weighted by molar-refractivity contribution is 0.0589. The molecule has 18 heavy (non-hydrogen) atoms. The Kier molecular flexibility index (Phi) is 4.27. The van der Waals surface area contributed by atoms with Crippen LogP contribution in [0.1, 0.15) is 32.8 Å². The number of alkyl halides is 2. The van der Waals surface area contributed by atoms with Crippen molar-refractivity contribution in [3.05, 3.63) is 29.8 Å². The Bertz CT molecular complexity index is 410. The number of carbonyl (C=O) groups excluding carboxylic acids is 1. The summed E-state index contributed by atoms with van der Waals surface area (Å²) in [5, 5.41) is 0. The molecule has 0 aliphatic rings. The molecule has 0 bridgehead atoms. The van der Waals surface area contributed by atoms with Gasteiger partial charge in [-0.3, -0.25) is 4.90 Å². The maximum Gasteiger partial charge on any atom is 0.414 e. The van der Waals surface area contributed by atoms with E-state index in [1.165, 1.54) is 36.2 Å². The number of carbonyl (C=O) groups is 1. The summed E-state index contributed by atoms with van der Waals surface area (Å²) >= 11 is 0. The van der Waals surface area contributed by atoms with Gasteiger partial charge in [0.25, 0.3) is 6.43 Å². The average Bonchev–Trinajstić information content (AvgIpc) is 2.26. The molecule has 0 saturated carbocycles. The third kappa shape index (κ3) is 3.98. The normalized spacial score (nSPS) is 13.0. The van der Waals surface area contributed by atoms with Gasteiger partial charge in [-0.15, -0.1) is 0 Å². The van der Waals surface area contributed by atoms with Crippen LogP contribution in [-0.4, -0.2) is 18.7 Å². The molecular weight excluding hydrogens is 239 g/mol. The lowest BCUT2D eigenvalue weighted by atomic mass is 10.2. The van der Waals surface area contributed by atoms with Gasteiger partial charge in [0.2, 0.25) is 0 Å². The average molecular weight is 256 g/mol. The second-order valence-electron chi connectivity index (χ2n) is 4.93. The van der Waals surface area contributed by atoms with Crippen LogP contribution in [0.5, 0.6) is 0 Å². The van der Waals surface area contributed by atoms with Crippen molar-refractivity contribution in [2.24, 2.45) is 0 Å². The molecule has 1 atom stereocenters. The first-order valence-electron chi connectivity index (χ1n) is 5.55. The van der Waals surface area contributed by atoms with E-state index in [1.54, 1.807) is 20.8 Å². The Balaban J connectivity index is 2.78. The van der Waals surface area contributed by atoms with Gasteiger partial charge in [-0.2, -0.15) is 0 Å². The highest BCUT2D eigenvalue weighted by Crippen LogP contribution is 2.22. The van der Waals surface area contributed by atoms with Gasteiger partial charge in [0.15, 0.2) is 0 Å². The van der Waals surface area contributed by atoms with E-state index < -0.39 is 18.1 Å². The van der Waals surface area contributed by atoms with Crippen molar-refractivity contribution in [2.45, 2.75) is 32.8 Å². The molecular formula is C13H17F2NO2. The fourth-order valence-corrected chi connectivity index (χ4v) is 1.28. The maximum absolute atomic E-state index is 12.4. The molecule has 0 aliphatic heterocycles. The third-order valence-electron chi connectivity index (χ3n) is 2.20. The number of halogens is 2. The summed E-state index contributed by atoms with van der Waals surface area (Å²) < 4.78 is 29.9. The summed E-state index contributed by atoms with van der Waals surface area (Å²) in [5.41, 5.74) is -0.154. The lowest BCUT2D eigenvalue weighted by Gasteiger charge is -2.24. The molecule has 0 aromatic heterocycles. The van der Waals surface area contributed by atoms with Crippen LogP contribution in [0.2, 0.25) is 0 Å². The van der Waals surface area contributed by atoms with Gasteiger partial charge < -0.3 is 4.74 Å². The van der Waals surface area contributed by atoms with E-state index in [9.17, 15) is 13.6 Å². The fourth-order valence-electron chi connectivity index (χ4n) is 1.28. The molecule has 1 aromatic rings. The van der Waals surface area contributed by atoms with E-state index in [4.69, 9.17) is 4.74 Å². The number of nitrogens with zero attached hydrogens (tertiary/aromatic N) is 1. The van der Waals surface area contributed by atoms with Gasteiger partial charge in [0.05, 0.1) is 0 Å². The zero-order valence-electron chi connectivity index (χ0n) is 10.9. The van der Waals surface area contributed by atoms with Crippen LogP contribution in [-0.2, 0) is 4.74 Å². The van der Waals surface area contributed by atoms with Crippen molar-refractivity contribution >= 4 is 11.8 Å². The first-order chi connectivity index (χ1) is 8.20. The summed E-state index contributed by atoms with van der Waals surface area (Å²) in [6.07, 6.45) is -3.03. The van der Waals surface area contributed by atoms with Gasteiger partial charge in [-0.25, -0.2) is 13.6 Å². The molecule has 0 fully saturated rings. The molecule has 1 aromatic carbocycles. The van der Waals surface area contributed by atoms with Gasteiger partial charge in [0.1, 0.15) is 5.60 Å². The molecule has 1 amide bonds. The summed E-state index contributed by atoms with van der Waals surface area (Å²) in [6, 6.07) is 5.51. The van der Waals surface area contributed by atoms with E-state index in [1.807, 2.05) is 0 Å². The predicted molar refractivity (Wildman–Crippen MR) is 66.0 cm³/mol. The highest BCUT2D eigenvalue weighted by Gasteiger charge is 2.20. The first kappa shape index (κ1) is 14.4. The van der Waals surface area contributed by atoms with Crippen molar-refractivity contribution in [2.75, 3.05) is 11.9 Å². The number of ether oxygens (including phenoxy) is 1. The largest absolute Gasteiger partial charge is 0.443 e. The highest BCUT2D eigenvalue weighted by molar-refractivity contribution is 5.87. The number of anilines is 1. The van der Waals surface area contributed by atoms with Gasteiger partial charge >= 0.3 is 6.09 Å². The van der Waals surface area contributed by atoms with Crippen LogP contribution in [0.25, 0.3) is 0 Å². The van der Waals surface area contributed by atoms with Gasteiger partial charge in [-0.05, 0) is 32.9 Å².